The van der Waals surface area contributed by atoms with Crippen LogP contribution in [0.5, 0.6) is 11.5 Å². The van der Waals surface area contributed by atoms with Crippen molar-refractivity contribution >= 4 is 79.4 Å². The molecule has 0 saturated carbocycles. The molecule has 0 aliphatic heterocycles. The van der Waals surface area contributed by atoms with Gasteiger partial charge in [-0.3, -0.25) is 9.59 Å². The van der Waals surface area contributed by atoms with Crippen LogP contribution in [0.15, 0.2) is 142 Å². The van der Waals surface area contributed by atoms with Gasteiger partial charge in [0.15, 0.2) is 11.5 Å². The van der Waals surface area contributed by atoms with Crippen molar-refractivity contribution in [2.75, 3.05) is 23.8 Å². The maximum absolute atomic E-state index is 14.1. The predicted octanol–water partition coefficient (Wildman–Crippen LogP) is 12.2. The van der Waals surface area contributed by atoms with E-state index in [0.29, 0.717) is 68.3 Å². The molecule has 0 spiro atoms. The van der Waals surface area contributed by atoms with Crippen LogP contribution in [0, 0.1) is 0 Å². The Kier molecular flexibility index (Phi) is 13.4. The van der Waals surface area contributed by atoms with Gasteiger partial charge in [0.1, 0.15) is 11.4 Å². The standard InChI is InChI=1S/C50H44N6O8/c1-5-35-36(6-2)42(52-48(60)40-28-30-16-10-12-22-38(30)44(46(40)58)56-54-34-20-14-18-32(26-34)50(62)64-8-4)24-23-41(35)51-47(59)39-27-29-15-9-11-21-37(29)43(45(39)57)55-53-33-19-13-17-31(25-33)49(61)63-7-3/h9-28,57-58H,5-8H2,1-4H3,(H,51,59)(H,52,60). The van der Waals surface area contributed by atoms with E-state index in [1.54, 1.807) is 123 Å². The van der Waals surface area contributed by atoms with Crippen molar-refractivity contribution in [3.05, 3.63) is 155 Å². The van der Waals surface area contributed by atoms with Crippen molar-refractivity contribution in [1.29, 1.82) is 0 Å². The fourth-order valence-corrected chi connectivity index (χ4v) is 7.33. The van der Waals surface area contributed by atoms with Gasteiger partial charge in [0.25, 0.3) is 11.8 Å². The minimum atomic E-state index is -0.604. The molecule has 14 heteroatoms. The normalized spacial score (nSPS) is 11.3. The van der Waals surface area contributed by atoms with Gasteiger partial charge in [-0.25, -0.2) is 9.59 Å². The van der Waals surface area contributed by atoms with Crippen LogP contribution in [0.2, 0.25) is 0 Å². The Morgan fingerprint density at radius 2 is 0.906 bits per heavy atom. The summed E-state index contributed by atoms with van der Waals surface area (Å²) in [7, 11) is 0. The molecule has 0 bridgehead atoms. The number of nitrogens with one attached hydrogen (secondary N) is 2. The average Bonchev–Trinajstić information content (AvgIpc) is 3.31. The first-order chi connectivity index (χ1) is 31.0. The van der Waals surface area contributed by atoms with Gasteiger partial charge in [0.2, 0.25) is 0 Å². The lowest BCUT2D eigenvalue weighted by Crippen LogP contribution is -2.17. The van der Waals surface area contributed by atoms with E-state index in [4.69, 9.17) is 9.47 Å². The zero-order valence-electron chi connectivity index (χ0n) is 35.5. The number of anilines is 2. The first kappa shape index (κ1) is 43.8. The molecule has 0 unspecified atom stereocenters. The van der Waals surface area contributed by atoms with Crippen molar-refractivity contribution < 1.29 is 38.9 Å². The minimum absolute atomic E-state index is 0.0446. The SMILES string of the molecule is CCOC(=O)c1cccc(N=Nc2c(O)c(C(=O)Nc3ccc(NC(=O)c4cc5ccccc5c(N=Nc5cccc(C(=O)OCC)c5)c4O)c(CC)c3CC)cc3ccccc23)c1. The van der Waals surface area contributed by atoms with Crippen molar-refractivity contribution in [3.8, 4) is 11.5 Å². The number of fused-ring (bicyclic) bond motifs is 2. The molecule has 0 aliphatic rings. The Morgan fingerprint density at radius 3 is 1.30 bits per heavy atom. The van der Waals surface area contributed by atoms with E-state index in [9.17, 15) is 29.4 Å². The molecule has 0 radical (unpaired) electrons. The second-order valence-corrected chi connectivity index (χ2v) is 14.4. The molecule has 7 rings (SSSR count). The van der Waals surface area contributed by atoms with Gasteiger partial charge in [-0.05, 0) is 109 Å². The topological polar surface area (TPSA) is 201 Å². The summed E-state index contributed by atoms with van der Waals surface area (Å²) in [6.45, 7) is 7.71. The number of amides is 2. The Morgan fingerprint density at radius 1 is 0.500 bits per heavy atom. The highest BCUT2D eigenvalue weighted by molar-refractivity contribution is 6.14. The van der Waals surface area contributed by atoms with Crippen molar-refractivity contribution in [1.82, 2.24) is 0 Å². The highest BCUT2D eigenvalue weighted by atomic mass is 16.5. The van der Waals surface area contributed by atoms with E-state index >= 15 is 0 Å². The number of nitrogens with zero attached hydrogens (tertiary/aromatic N) is 4. The Hall–Kier alpha value is -8.26. The predicted molar refractivity (Wildman–Crippen MR) is 245 cm³/mol. The van der Waals surface area contributed by atoms with Crippen LogP contribution >= 0.6 is 0 Å². The summed E-state index contributed by atoms with van der Waals surface area (Å²) in [5.41, 5.74) is 3.75. The summed E-state index contributed by atoms with van der Waals surface area (Å²) >= 11 is 0. The number of carbonyl (C=O) groups is 4. The summed E-state index contributed by atoms with van der Waals surface area (Å²) in [6, 6.07) is 33.6. The van der Waals surface area contributed by atoms with Gasteiger partial charge in [0.05, 0.1) is 46.8 Å². The average molecular weight is 857 g/mol. The summed E-state index contributed by atoms with van der Waals surface area (Å²) in [5.74, 6) is -3.00. The molecule has 2 amide bonds. The largest absolute Gasteiger partial charge is 0.505 e. The first-order valence-corrected chi connectivity index (χ1v) is 20.7. The van der Waals surface area contributed by atoms with E-state index in [-0.39, 0.29) is 35.7 Å². The molecule has 64 heavy (non-hydrogen) atoms. The lowest BCUT2D eigenvalue weighted by molar-refractivity contribution is 0.0517. The summed E-state index contributed by atoms with van der Waals surface area (Å²) in [5, 5.41) is 48.7. The highest BCUT2D eigenvalue weighted by Gasteiger charge is 2.23. The molecule has 0 aliphatic carbocycles. The number of aromatic hydroxyl groups is 2. The molecule has 7 aromatic rings. The number of hydrogen-bond donors (Lipinski definition) is 4. The number of rotatable bonds is 14. The van der Waals surface area contributed by atoms with Crippen molar-refractivity contribution in [2.45, 2.75) is 40.5 Å². The molecular weight excluding hydrogens is 813 g/mol. The second-order valence-electron chi connectivity index (χ2n) is 14.4. The maximum atomic E-state index is 14.1. The number of hydrogen-bond acceptors (Lipinski definition) is 12. The quantitative estimate of drug-likeness (QED) is 0.0611. The van der Waals surface area contributed by atoms with Crippen LogP contribution in [0.1, 0.15) is 80.3 Å². The van der Waals surface area contributed by atoms with E-state index in [1.807, 2.05) is 13.8 Å². The Labute approximate surface area is 368 Å². The molecule has 14 nitrogen and oxygen atoms in total. The van der Waals surface area contributed by atoms with Crippen molar-refractivity contribution in [2.24, 2.45) is 20.5 Å². The number of esters is 2. The molecule has 4 N–H and O–H groups in total. The van der Waals surface area contributed by atoms with Gasteiger partial charge in [-0.1, -0.05) is 74.5 Å². The van der Waals surface area contributed by atoms with Gasteiger partial charge in [-0.2, -0.15) is 10.2 Å². The van der Waals surface area contributed by atoms with Gasteiger partial charge in [0, 0.05) is 22.1 Å². The van der Waals surface area contributed by atoms with E-state index < -0.39 is 35.3 Å². The third-order valence-corrected chi connectivity index (χ3v) is 10.4. The zero-order chi connectivity index (χ0) is 45.3. The lowest BCUT2D eigenvalue weighted by Gasteiger charge is -2.19. The monoisotopic (exact) mass is 856 g/mol. The van der Waals surface area contributed by atoms with Gasteiger partial charge >= 0.3 is 11.9 Å². The fourth-order valence-electron chi connectivity index (χ4n) is 7.33. The number of benzene rings is 7. The summed E-state index contributed by atoms with van der Waals surface area (Å²) in [6.07, 6.45) is 0.944. The zero-order valence-corrected chi connectivity index (χ0v) is 35.5. The second kappa shape index (κ2) is 19.6. The van der Waals surface area contributed by atoms with Crippen molar-refractivity contribution in [3.63, 3.8) is 0 Å². The summed E-state index contributed by atoms with van der Waals surface area (Å²) in [4.78, 5) is 52.8. The molecule has 0 fully saturated rings. The molecule has 0 atom stereocenters. The van der Waals surface area contributed by atoms with E-state index in [0.717, 1.165) is 11.1 Å². The van der Waals surface area contributed by atoms with Crippen LogP contribution in [-0.2, 0) is 22.3 Å². The minimum Gasteiger partial charge on any atom is -0.505 e. The molecule has 0 heterocycles. The smallest absolute Gasteiger partial charge is 0.338 e. The van der Waals surface area contributed by atoms with Gasteiger partial charge in [-0.15, -0.1) is 10.2 Å². The number of phenolic OH excluding ortho intramolecular Hbond substituents is 2. The number of carbonyl (C=O) groups excluding carboxylic acids is 4. The first-order valence-electron chi connectivity index (χ1n) is 20.7. The van der Waals surface area contributed by atoms with E-state index in [1.165, 1.54) is 12.1 Å². The molecule has 0 saturated heterocycles. The third-order valence-electron chi connectivity index (χ3n) is 10.4. The fraction of sp³-hybridized carbons (Fsp3) is 0.160. The maximum Gasteiger partial charge on any atom is 0.338 e. The Balaban J connectivity index is 1.17. The van der Waals surface area contributed by atoms with Gasteiger partial charge < -0.3 is 30.3 Å². The summed E-state index contributed by atoms with van der Waals surface area (Å²) < 4.78 is 10.2. The van der Waals surface area contributed by atoms with E-state index in [2.05, 4.69) is 31.1 Å². The van der Waals surface area contributed by atoms with Crippen LogP contribution in [0.25, 0.3) is 21.5 Å². The molecule has 7 aromatic carbocycles. The van der Waals surface area contributed by atoms with Crippen LogP contribution in [0.4, 0.5) is 34.1 Å². The number of ether oxygens (including phenoxy) is 2. The molecule has 0 aromatic heterocycles. The lowest BCUT2D eigenvalue weighted by atomic mass is 9.97. The third kappa shape index (κ3) is 9.31. The number of azo groups is 2. The molecular formula is C50H44N6O8. The molecule has 322 valence electrons. The van der Waals surface area contributed by atoms with Crippen LogP contribution in [0.3, 0.4) is 0 Å². The van der Waals surface area contributed by atoms with Crippen LogP contribution in [-0.4, -0.2) is 47.2 Å². The highest BCUT2D eigenvalue weighted by Crippen LogP contribution is 2.42. The Bertz CT molecular complexity index is 2820. The van der Waals surface area contributed by atoms with Crippen LogP contribution < -0.4 is 10.6 Å². The number of phenols is 2.